The lowest BCUT2D eigenvalue weighted by Gasteiger charge is -2.46. The van der Waals surface area contributed by atoms with E-state index >= 15 is 0 Å². The van der Waals surface area contributed by atoms with Crippen LogP contribution in [-0.4, -0.2) is 30.2 Å². The Kier molecular flexibility index (Phi) is 15.8. The Hall–Kier alpha value is -6.01. The van der Waals surface area contributed by atoms with Crippen LogP contribution in [0.5, 0.6) is 0 Å². The summed E-state index contributed by atoms with van der Waals surface area (Å²) in [5.41, 5.74) is -29.2. The lowest BCUT2D eigenvalue weighted by molar-refractivity contribution is -0.144. The molecule has 0 fully saturated rings. The van der Waals surface area contributed by atoms with Gasteiger partial charge in [0.1, 0.15) is 6.15 Å². The summed E-state index contributed by atoms with van der Waals surface area (Å²) in [5.74, 6) is 0.592. The fourth-order valence-corrected chi connectivity index (χ4v) is 7.91. The molecule has 0 spiro atoms. The van der Waals surface area contributed by atoms with Crippen LogP contribution >= 0.6 is 0 Å². The molecule has 71 heavy (non-hydrogen) atoms. The van der Waals surface area contributed by atoms with E-state index in [4.69, 9.17) is 5.26 Å². The molecule has 5 aromatic rings. The highest BCUT2D eigenvalue weighted by atomic mass is 32.2. The molecule has 0 aliphatic carbocycles. The van der Waals surface area contributed by atoms with Gasteiger partial charge in [0.05, 0.1) is 68.7 Å². The number of carbonyl (C=O) groups excluding carboxylic acids is 1. The highest BCUT2D eigenvalue weighted by Crippen LogP contribution is 2.41. The number of alkyl halides is 24. The number of hydrogen-bond donors (Lipinski definition) is 0. The monoisotopic (exact) mass is 1070 g/mol. The summed E-state index contributed by atoms with van der Waals surface area (Å²) in [6, 6.07) is 0.175. The molecular formula is C43H24BF24NOS. The number of rotatable bonds is 7. The molecule has 28 heteroatoms. The fraction of sp³-hybridized carbons (Fsp3) is 0.256. The van der Waals surface area contributed by atoms with Crippen LogP contribution in [0, 0.1) is 11.3 Å². The van der Waals surface area contributed by atoms with Crippen molar-refractivity contribution in [2.45, 2.75) is 49.4 Å². The zero-order valence-corrected chi connectivity index (χ0v) is 35.7. The molecule has 0 aliphatic heterocycles. The number of ketones is 1. The number of carbonyl (C=O) groups is 1. The number of nitrogens with zero attached hydrogens (tertiary/aromatic N) is 1. The maximum Gasteiger partial charge on any atom is 0.416 e. The van der Waals surface area contributed by atoms with E-state index in [-0.39, 0.29) is 16.7 Å². The highest BCUT2D eigenvalue weighted by molar-refractivity contribution is 7.96. The summed E-state index contributed by atoms with van der Waals surface area (Å²) in [6.45, 7) is 0. The Morgan fingerprint density at radius 1 is 0.408 bits per heavy atom. The normalized spacial score (nSPS) is 13.4. The molecule has 0 atom stereocenters. The van der Waals surface area contributed by atoms with Gasteiger partial charge < -0.3 is 0 Å². The van der Waals surface area contributed by atoms with Gasteiger partial charge in [0.2, 0.25) is 5.78 Å². The average Bonchev–Trinajstić information content (AvgIpc) is 3.21. The van der Waals surface area contributed by atoms with Crippen molar-refractivity contribution >= 4 is 44.7 Å². The van der Waals surface area contributed by atoms with Crippen LogP contribution in [0.25, 0.3) is 0 Å². The quantitative estimate of drug-likeness (QED) is 0.0705. The number of benzene rings is 5. The molecule has 384 valence electrons. The van der Waals surface area contributed by atoms with E-state index in [9.17, 15) is 110 Å². The van der Waals surface area contributed by atoms with Crippen LogP contribution < -0.4 is 21.9 Å². The zero-order chi connectivity index (χ0) is 54.5. The molecule has 5 rings (SSSR count). The van der Waals surface area contributed by atoms with Gasteiger partial charge >= 0.3 is 49.4 Å². The molecule has 0 aliphatic rings. The van der Waals surface area contributed by atoms with E-state index in [2.05, 4.69) is 0 Å². The summed E-state index contributed by atoms with van der Waals surface area (Å²) in [7, 11) is 0.0846. The minimum atomic E-state index is -6.13. The molecule has 5 aromatic carbocycles. The van der Waals surface area contributed by atoms with Gasteiger partial charge in [-0.2, -0.15) is 132 Å². The molecular weight excluding hydrogens is 1050 g/mol. The molecule has 2 nitrogen and oxygen atoms in total. The highest BCUT2D eigenvalue weighted by Gasteiger charge is 2.47. The van der Waals surface area contributed by atoms with Crippen LogP contribution in [0.3, 0.4) is 0 Å². The van der Waals surface area contributed by atoms with Crippen LogP contribution in [0.1, 0.15) is 60.4 Å². The first-order valence-corrected chi connectivity index (χ1v) is 21.0. The van der Waals surface area contributed by atoms with Crippen molar-refractivity contribution in [2.75, 3.05) is 18.3 Å². The van der Waals surface area contributed by atoms with Gasteiger partial charge in [0.25, 0.3) is 0 Å². The third-order valence-electron chi connectivity index (χ3n) is 10.2. The number of halogens is 24. The van der Waals surface area contributed by atoms with E-state index < -0.39 is 195 Å². The summed E-state index contributed by atoms with van der Waals surface area (Å²) in [6.07, 6.45) is -50.8. The van der Waals surface area contributed by atoms with Crippen molar-refractivity contribution in [3.05, 3.63) is 153 Å². The Morgan fingerprint density at radius 3 is 0.803 bits per heavy atom. The molecule has 0 bridgehead atoms. The lowest BCUT2D eigenvalue weighted by atomic mass is 9.12. The van der Waals surface area contributed by atoms with Gasteiger partial charge in [0.15, 0.2) is 5.75 Å². The van der Waals surface area contributed by atoms with Gasteiger partial charge in [-0.25, -0.2) is 0 Å². The minimum absolute atomic E-state index is 0.0653. The van der Waals surface area contributed by atoms with Crippen molar-refractivity contribution in [2.24, 2.45) is 0 Å². The molecule has 0 unspecified atom stereocenters. The first-order valence-electron chi connectivity index (χ1n) is 18.8. The van der Waals surface area contributed by atoms with Crippen molar-refractivity contribution in [3.8, 4) is 6.07 Å². The van der Waals surface area contributed by atoms with Crippen molar-refractivity contribution in [1.29, 1.82) is 5.26 Å². The fourth-order valence-electron chi connectivity index (χ4n) is 7.23. The Bertz CT molecular complexity index is 2370. The SMILES string of the molecule is C[S+](C)CC(=O)c1ccccc1C#N.FC(F)(F)c1cc([B-](c2cc(C(F)(F)F)cc(C(F)(F)F)c2)(c2cc(C(F)(F)F)cc(C(F)(F)F)c2)c2cc(C(F)(F)F)cc(C(F)(F)F)c2)cc(C(F)(F)F)c1. The molecule has 0 N–H and O–H groups in total. The maximum absolute atomic E-state index is 14.2. The van der Waals surface area contributed by atoms with Gasteiger partial charge in [-0.1, -0.05) is 60.7 Å². The number of hydrogen-bond acceptors (Lipinski definition) is 2. The van der Waals surface area contributed by atoms with Crippen molar-refractivity contribution in [3.63, 3.8) is 0 Å². The summed E-state index contributed by atoms with van der Waals surface area (Å²) >= 11 is 0. The predicted molar refractivity (Wildman–Crippen MR) is 210 cm³/mol. The van der Waals surface area contributed by atoms with Gasteiger partial charge in [-0.05, 0) is 47.3 Å². The van der Waals surface area contributed by atoms with Gasteiger partial charge in [-0.3, -0.25) is 4.79 Å². The second kappa shape index (κ2) is 19.5. The van der Waals surface area contributed by atoms with Gasteiger partial charge in [0, 0.05) is 5.56 Å². The van der Waals surface area contributed by atoms with Gasteiger partial charge in [-0.15, -0.1) is 0 Å². The maximum atomic E-state index is 14.2. The number of nitriles is 1. The van der Waals surface area contributed by atoms with E-state index in [0.29, 0.717) is 16.9 Å². The first kappa shape index (κ1) is 57.6. The second-order valence-electron chi connectivity index (χ2n) is 15.4. The topological polar surface area (TPSA) is 40.9 Å². The van der Waals surface area contributed by atoms with Crippen molar-refractivity contribution in [1.82, 2.24) is 0 Å². The van der Waals surface area contributed by atoms with Crippen LogP contribution in [0.2, 0.25) is 0 Å². The first-order chi connectivity index (χ1) is 31.9. The third kappa shape index (κ3) is 13.5. The minimum Gasteiger partial charge on any atom is -0.289 e. The van der Waals surface area contributed by atoms with E-state index in [1.54, 1.807) is 24.3 Å². The lowest BCUT2D eigenvalue weighted by Crippen LogP contribution is -2.75. The molecule has 0 heterocycles. The second-order valence-corrected chi connectivity index (χ2v) is 17.7. The van der Waals surface area contributed by atoms with Crippen molar-refractivity contribution < 1.29 is 110 Å². The van der Waals surface area contributed by atoms with Crippen LogP contribution in [-0.2, 0) is 60.3 Å². The van der Waals surface area contributed by atoms with Crippen LogP contribution in [0.4, 0.5) is 105 Å². The molecule has 0 saturated carbocycles. The predicted octanol–water partition coefficient (Wildman–Crippen LogP) is 12.8. The van der Waals surface area contributed by atoms with E-state index in [1.165, 1.54) is 0 Å². The van der Waals surface area contributed by atoms with E-state index in [1.807, 2.05) is 18.6 Å². The van der Waals surface area contributed by atoms with E-state index in [0.717, 1.165) is 0 Å². The zero-order valence-electron chi connectivity index (χ0n) is 34.9. The standard InChI is InChI=1S/C32H12BF24.C11H12NOS/c34-25(35,36)13-1-14(26(37,38)39)6-21(5-13)33(22-7-15(27(40,41)42)2-16(8-22)28(43,44)45,23-9-17(29(46,47)48)3-18(10-23)30(49,50)51)24-11-19(31(52,53)54)4-20(12-24)32(55,56)57;1-14(2)8-11(13)10-6-4-3-5-9(10)7-12/h1-12H;3-6H,8H2,1-2H3/q-1;+1. The molecule has 0 amide bonds. The largest absolute Gasteiger partial charge is 0.416 e. The summed E-state index contributed by atoms with van der Waals surface area (Å²) in [4.78, 5) is 11.7. The van der Waals surface area contributed by atoms with Crippen LogP contribution in [0.15, 0.2) is 97.1 Å². The third-order valence-corrected chi connectivity index (χ3v) is 11.0. The Morgan fingerprint density at radius 2 is 0.620 bits per heavy atom. The Labute approximate surface area is 386 Å². The molecule has 0 aromatic heterocycles. The smallest absolute Gasteiger partial charge is 0.289 e. The summed E-state index contributed by atoms with van der Waals surface area (Å²) in [5, 5.41) is 8.80. The Balaban J connectivity index is 0.000000671. The summed E-state index contributed by atoms with van der Waals surface area (Å²) < 4.78 is 341. The number of Topliss-reactive ketones (excluding diaryl/α,β-unsaturated/α-hetero) is 1. The molecule has 0 saturated heterocycles. The molecule has 0 radical (unpaired) electrons. The average molecular weight is 1070 g/mol.